The average Bonchev–Trinajstić information content (AvgIpc) is 2.33. The van der Waals surface area contributed by atoms with Gasteiger partial charge < -0.3 is 5.32 Å². The first kappa shape index (κ1) is 13.7. The van der Waals surface area contributed by atoms with Crippen molar-refractivity contribution in [3.63, 3.8) is 0 Å². The van der Waals surface area contributed by atoms with Crippen molar-refractivity contribution < 1.29 is 8.78 Å². The summed E-state index contributed by atoms with van der Waals surface area (Å²) >= 11 is 5.87. The molecule has 1 aromatic carbocycles. The molecule has 0 aliphatic rings. The quantitative estimate of drug-likeness (QED) is 0.855. The number of aromatic nitrogens is 2. The second-order valence-corrected chi connectivity index (χ2v) is 4.73. The van der Waals surface area contributed by atoms with Gasteiger partial charge in [0.1, 0.15) is 28.4 Å². The Morgan fingerprint density at radius 2 is 1.89 bits per heavy atom. The molecule has 1 aromatic heterocycles. The van der Waals surface area contributed by atoms with Gasteiger partial charge in [0.15, 0.2) is 0 Å². The van der Waals surface area contributed by atoms with Crippen LogP contribution in [0.25, 0.3) is 0 Å². The van der Waals surface area contributed by atoms with E-state index in [1.807, 2.05) is 13.8 Å². The molecule has 0 saturated carbocycles. The topological polar surface area (TPSA) is 37.8 Å². The smallest absolute Gasteiger partial charge is 0.146 e. The van der Waals surface area contributed by atoms with Crippen LogP contribution in [0, 0.1) is 11.6 Å². The van der Waals surface area contributed by atoms with Crippen LogP contribution in [0.2, 0.25) is 5.15 Å². The number of rotatable bonds is 3. The first-order valence-electron chi connectivity index (χ1n) is 5.72. The Balaban J connectivity index is 2.35. The summed E-state index contributed by atoms with van der Waals surface area (Å²) in [5.41, 5.74) is 0.00414. The van der Waals surface area contributed by atoms with Gasteiger partial charge in [-0.15, -0.1) is 0 Å². The van der Waals surface area contributed by atoms with Gasteiger partial charge in [-0.3, -0.25) is 0 Å². The van der Waals surface area contributed by atoms with Crippen molar-refractivity contribution in [2.24, 2.45) is 0 Å². The zero-order valence-electron chi connectivity index (χ0n) is 10.4. The molecule has 0 bridgehead atoms. The van der Waals surface area contributed by atoms with Crippen LogP contribution in [0.5, 0.6) is 0 Å². The zero-order chi connectivity index (χ0) is 14.0. The molecule has 0 saturated heterocycles. The van der Waals surface area contributed by atoms with Crippen molar-refractivity contribution >= 4 is 23.1 Å². The summed E-state index contributed by atoms with van der Waals surface area (Å²) in [6, 6.07) is 4.61. The maximum atomic E-state index is 13.5. The fourth-order valence-corrected chi connectivity index (χ4v) is 1.68. The molecule has 0 radical (unpaired) electrons. The maximum Gasteiger partial charge on any atom is 0.146 e. The minimum atomic E-state index is -0.567. The third-order valence-corrected chi connectivity index (χ3v) is 2.61. The number of benzene rings is 1. The van der Waals surface area contributed by atoms with Crippen LogP contribution in [0.15, 0.2) is 24.3 Å². The Labute approximate surface area is 114 Å². The van der Waals surface area contributed by atoms with Crippen molar-refractivity contribution in [3.8, 4) is 0 Å². The van der Waals surface area contributed by atoms with E-state index in [1.165, 1.54) is 6.07 Å². The number of nitrogens with zero attached hydrogens (tertiary/aromatic N) is 2. The molecule has 2 aromatic rings. The van der Waals surface area contributed by atoms with Crippen LogP contribution in [0.3, 0.4) is 0 Å². The molecule has 0 amide bonds. The molecule has 1 heterocycles. The van der Waals surface area contributed by atoms with Gasteiger partial charge in [-0.1, -0.05) is 25.4 Å². The van der Waals surface area contributed by atoms with E-state index in [0.717, 1.165) is 18.2 Å². The first-order valence-corrected chi connectivity index (χ1v) is 6.10. The fourth-order valence-electron chi connectivity index (χ4n) is 1.49. The van der Waals surface area contributed by atoms with Gasteiger partial charge >= 0.3 is 0 Å². The summed E-state index contributed by atoms with van der Waals surface area (Å²) in [5.74, 6) is -0.160. The van der Waals surface area contributed by atoms with Crippen LogP contribution < -0.4 is 5.32 Å². The summed E-state index contributed by atoms with van der Waals surface area (Å²) in [5, 5.41) is 2.95. The molecule has 0 unspecified atom stereocenters. The first-order chi connectivity index (χ1) is 8.95. The fraction of sp³-hybridized carbons (Fsp3) is 0.231. The lowest BCUT2D eigenvalue weighted by Crippen LogP contribution is -2.03. The molecule has 6 heteroatoms. The molecule has 0 spiro atoms. The summed E-state index contributed by atoms with van der Waals surface area (Å²) in [7, 11) is 0. The molecular weight excluding hydrogens is 272 g/mol. The number of nitrogens with one attached hydrogen (secondary N) is 1. The highest BCUT2D eigenvalue weighted by Crippen LogP contribution is 2.23. The van der Waals surface area contributed by atoms with E-state index in [4.69, 9.17) is 11.6 Å². The maximum absolute atomic E-state index is 13.5. The number of hydrogen-bond acceptors (Lipinski definition) is 3. The highest BCUT2D eigenvalue weighted by Gasteiger charge is 2.09. The Kier molecular flexibility index (Phi) is 3.95. The molecule has 19 heavy (non-hydrogen) atoms. The predicted molar refractivity (Wildman–Crippen MR) is 70.8 cm³/mol. The molecule has 1 N–H and O–H groups in total. The van der Waals surface area contributed by atoms with Crippen molar-refractivity contribution in [1.29, 1.82) is 0 Å². The summed E-state index contributed by atoms with van der Waals surface area (Å²) < 4.78 is 26.6. The van der Waals surface area contributed by atoms with E-state index in [0.29, 0.717) is 11.6 Å². The predicted octanol–water partition coefficient (Wildman–Crippen LogP) is 4.28. The third kappa shape index (κ3) is 3.38. The van der Waals surface area contributed by atoms with E-state index in [1.54, 1.807) is 0 Å². The van der Waals surface area contributed by atoms with Crippen LogP contribution in [0.4, 0.5) is 20.3 Å². The SMILES string of the molecule is CC(C)c1nc(Cl)cc(Nc2cc(F)ccc2F)n1. The van der Waals surface area contributed by atoms with Crippen LogP contribution >= 0.6 is 11.6 Å². The van der Waals surface area contributed by atoms with E-state index in [-0.39, 0.29) is 16.8 Å². The van der Waals surface area contributed by atoms with E-state index >= 15 is 0 Å². The standard InChI is InChI=1S/C13H12ClF2N3/c1-7(2)13-18-11(14)6-12(19-13)17-10-5-8(15)3-4-9(10)16/h3-7H,1-2H3,(H,17,18,19). The number of hydrogen-bond donors (Lipinski definition) is 1. The molecule has 100 valence electrons. The van der Waals surface area contributed by atoms with Gasteiger partial charge in [0.25, 0.3) is 0 Å². The highest BCUT2D eigenvalue weighted by atomic mass is 35.5. The van der Waals surface area contributed by atoms with Crippen LogP contribution in [-0.4, -0.2) is 9.97 Å². The summed E-state index contributed by atoms with van der Waals surface area (Å²) in [6.07, 6.45) is 0. The average molecular weight is 284 g/mol. The van der Waals surface area contributed by atoms with Crippen molar-refractivity contribution in [3.05, 3.63) is 46.9 Å². The van der Waals surface area contributed by atoms with E-state index in [9.17, 15) is 8.78 Å². The van der Waals surface area contributed by atoms with Gasteiger partial charge in [0, 0.05) is 18.1 Å². The second kappa shape index (κ2) is 5.48. The van der Waals surface area contributed by atoms with Crippen molar-refractivity contribution in [2.45, 2.75) is 19.8 Å². The Morgan fingerprint density at radius 1 is 1.16 bits per heavy atom. The number of halogens is 3. The lowest BCUT2D eigenvalue weighted by molar-refractivity contribution is 0.603. The molecule has 2 rings (SSSR count). The van der Waals surface area contributed by atoms with E-state index < -0.39 is 11.6 Å². The van der Waals surface area contributed by atoms with Gasteiger partial charge in [-0.25, -0.2) is 18.7 Å². The second-order valence-electron chi connectivity index (χ2n) is 4.34. The molecule has 0 fully saturated rings. The van der Waals surface area contributed by atoms with E-state index in [2.05, 4.69) is 15.3 Å². The van der Waals surface area contributed by atoms with Crippen LogP contribution in [-0.2, 0) is 0 Å². The highest BCUT2D eigenvalue weighted by molar-refractivity contribution is 6.29. The largest absolute Gasteiger partial charge is 0.338 e. The lowest BCUT2D eigenvalue weighted by atomic mass is 10.2. The Morgan fingerprint density at radius 3 is 2.58 bits per heavy atom. The zero-order valence-corrected chi connectivity index (χ0v) is 11.2. The van der Waals surface area contributed by atoms with Gasteiger partial charge in [-0.2, -0.15) is 0 Å². The molecule has 0 aliphatic carbocycles. The summed E-state index contributed by atoms with van der Waals surface area (Å²) in [6.45, 7) is 3.83. The van der Waals surface area contributed by atoms with Crippen molar-refractivity contribution in [2.75, 3.05) is 5.32 Å². The monoisotopic (exact) mass is 283 g/mol. The number of anilines is 2. The lowest BCUT2D eigenvalue weighted by Gasteiger charge is -2.10. The molecular formula is C13H12ClF2N3. The molecule has 0 aliphatic heterocycles. The van der Waals surface area contributed by atoms with Gasteiger partial charge in [-0.05, 0) is 12.1 Å². The van der Waals surface area contributed by atoms with Crippen LogP contribution in [0.1, 0.15) is 25.6 Å². The Bertz CT molecular complexity index is 602. The Hall–Kier alpha value is -1.75. The third-order valence-electron chi connectivity index (χ3n) is 2.42. The van der Waals surface area contributed by atoms with Gasteiger partial charge in [0.05, 0.1) is 5.69 Å². The van der Waals surface area contributed by atoms with Gasteiger partial charge in [0.2, 0.25) is 0 Å². The minimum absolute atomic E-state index is 0.00414. The van der Waals surface area contributed by atoms with Crippen molar-refractivity contribution in [1.82, 2.24) is 9.97 Å². The minimum Gasteiger partial charge on any atom is -0.338 e. The molecule has 3 nitrogen and oxygen atoms in total. The normalized spacial score (nSPS) is 10.8. The molecule has 0 atom stereocenters. The summed E-state index contributed by atoms with van der Waals surface area (Å²) in [4.78, 5) is 8.26.